The Morgan fingerprint density at radius 2 is 1.78 bits per heavy atom. The Balaban J connectivity index is 1.94. The summed E-state index contributed by atoms with van der Waals surface area (Å²) in [5, 5.41) is 59.7. The molecule has 1 aliphatic heterocycles. The number of ketones is 1. The Hall–Kier alpha value is -3.15. The third-order valence-electron chi connectivity index (χ3n) is 4.98. The summed E-state index contributed by atoms with van der Waals surface area (Å²) in [6.07, 6.45) is -5.35. The number of phenolic OH excluding ortho intramolecular Hbond substituents is 2. The van der Waals surface area contributed by atoms with Crippen LogP contribution in [0, 0.1) is 0 Å². The van der Waals surface area contributed by atoms with Gasteiger partial charge in [-0.3, -0.25) is 4.79 Å². The minimum Gasteiger partial charge on any atom is -0.507 e. The molecule has 1 fully saturated rings. The van der Waals surface area contributed by atoms with Crippen LogP contribution in [0.2, 0.25) is 0 Å². The lowest BCUT2D eigenvalue weighted by molar-refractivity contribution is -0.277. The first-order valence-corrected chi connectivity index (χ1v) is 9.65. The summed E-state index contributed by atoms with van der Waals surface area (Å²) < 4.78 is 16.0. The molecule has 1 saturated heterocycles. The molecule has 1 aliphatic rings. The van der Waals surface area contributed by atoms with Gasteiger partial charge in [0.15, 0.2) is 5.78 Å². The van der Waals surface area contributed by atoms with Crippen LogP contribution in [-0.4, -0.2) is 80.8 Å². The van der Waals surface area contributed by atoms with Crippen LogP contribution < -0.4 is 9.47 Å². The number of aromatic hydroxyl groups is 2. The Morgan fingerprint density at radius 1 is 1.06 bits per heavy atom. The molecule has 0 spiro atoms. The van der Waals surface area contributed by atoms with Gasteiger partial charge >= 0.3 is 0 Å². The summed E-state index contributed by atoms with van der Waals surface area (Å²) >= 11 is 0. The normalized spacial score (nSPS) is 25.6. The molecule has 10 heteroatoms. The van der Waals surface area contributed by atoms with Crippen molar-refractivity contribution < 1.29 is 49.6 Å². The Morgan fingerprint density at radius 3 is 2.44 bits per heavy atom. The van der Waals surface area contributed by atoms with Gasteiger partial charge in [-0.15, -0.1) is 0 Å². The van der Waals surface area contributed by atoms with Crippen molar-refractivity contribution in [3.05, 3.63) is 53.6 Å². The molecule has 0 aromatic heterocycles. The molecule has 0 radical (unpaired) electrons. The summed E-state index contributed by atoms with van der Waals surface area (Å²) in [5.41, 5.74) is 0.0692. The van der Waals surface area contributed by atoms with Gasteiger partial charge in [0.05, 0.1) is 13.7 Å². The number of phenols is 2. The second-order valence-electron chi connectivity index (χ2n) is 7.09. The predicted octanol–water partition coefficient (Wildman–Crippen LogP) is 0.181. The third kappa shape index (κ3) is 4.85. The van der Waals surface area contributed by atoms with Crippen molar-refractivity contribution in [1.29, 1.82) is 0 Å². The third-order valence-corrected chi connectivity index (χ3v) is 4.98. The van der Waals surface area contributed by atoms with Crippen LogP contribution in [0.15, 0.2) is 42.5 Å². The maximum absolute atomic E-state index is 12.8. The molecule has 6 N–H and O–H groups in total. The van der Waals surface area contributed by atoms with Gasteiger partial charge in [0.25, 0.3) is 0 Å². The van der Waals surface area contributed by atoms with Crippen LogP contribution in [0.1, 0.15) is 15.9 Å². The molecule has 0 saturated carbocycles. The lowest BCUT2D eigenvalue weighted by Crippen LogP contribution is -2.60. The molecule has 2 unspecified atom stereocenters. The zero-order valence-electron chi connectivity index (χ0n) is 17.0. The number of hydrogen-bond donors (Lipinski definition) is 6. The van der Waals surface area contributed by atoms with Crippen LogP contribution in [0.25, 0.3) is 6.08 Å². The van der Waals surface area contributed by atoms with Crippen molar-refractivity contribution >= 4 is 11.9 Å². The SMILES string of the molecule is COc1cc(O)c(C(=O)C=Cc2ccccc2O)c(O[C@@H]2OC(CO)[C@@H](O)[C@H](O)C2O)c1. The van der Waals surface area contributed by atoms with E-state index in [9.17, 15) is 35.4 Å². The molecule has 0 amide bonds. The van der Waals surface area contributed by atoms with Crippen molar-refractivity contribution in [2.24, 2.45) is 0 Å². The van der Waals surface area contributed by atoms with E-state index in [1.807, 2.05) is 0 Å². The number of allylic oxidation sites excluding steroid dienone is 1. The van der Waals surface area contributed by atoms with Crippen molar-refractivity contribution in [2.45, 2.75) is 30.7 Å². The van der Waals surface area contributed by atoms with Crippen LogP contribution >= 0.6 is 0 Å². The van der Waals surface area contributed by atoms with Crippen LogP contribution in [0.3, 0.4) is 0 Å². The minimum atomic E-state index is -1.72. The van der Waals surface area contributed by atoms with Crippen LogP contribution in [0.5, 0.6) is 23.0 Å². The summed E-state index contributed by atoms with van der Waals surface area (Å²) in [4.78, 5) is 12.8. The smallest absolute Gasteiger partial charge is 0.229 e. The van der Waals surface area contributed by atoms with E-state index in [1.165, 1.54) is 31.4 Å². The van der Waals surface area contributed by atoms with Gasteiger partial charge in [0.2, 0.25) is 6.29 Å². The van der Waals surface area contributed by atoms with Crippen LogP contribution in [0.4, 0.5) is 0 Å². The number of carbonyl (C=O) groups excluding carboxylic acids is 1. The Labute approximate surface area is 183 Å². The highest BCUT2D eigenvalue weighted by Gasteiger charge is 2.45. The van der Waals surface area contributed by atoms with Crippen molar-refractivity contribution in [3.63, 3.8) is 0 Å². The summed E-state index contributed by atoms with van der Waals surface area (Å²) in [6, 6.07) is 8.77. The van der Waals surface area contributed by atoms with Gasteiger partial charge in [-0.05, 0) is 18.2 Å². The largest absolute Gasteiger partial charge is 0.507 e. The van der Waals surface area contributed by atoms with E-state index >= 15 is 0 Å². The van der Waals surface area contributed by atoms with Gasteiger partial charge in [-0.25, -0.2) is 0 Å². The number of benzene rings is 2. The molecule has 1 heterocycles. The minimum absolute atomic E-state index is 0.0479. The number of para-hydroxylation sites is 1. The number of methoxy groups -OCH3 is 1. The van der Waals surface area contributed by atoms with E-state index in [0.717, 1.165) is 6.08 Å². The highest BCUT2D eigenvalue weighted by Crippen LogP contribution is 2.36. The second-order valence-corrected chi connectivity index (χ2v) is 7.09. The highest BCUT2D eigenvalue weighted by atomic mass is 16.7. The molecule has 172 valence electrons. The van der Waals surface area contributed by atoms with Gasteiger partial charge in [0, 0.05) is 17.7 Å². The molecule has 32 heavy (non-hydrogen) atoms. The van der Waals surface area contributed by atoms with E-state index in [1.54, 1.807) is 18.2 Å². The number of hydrogen-bond acceptors (Lipinski definition) is 10. The molecular weight excluding hydrogens is 424 g/mol. The summed E-state index contributed by atoms with van der Waals surface area (Å²) in [6.45, 7) is -0.663. The number of rotatable bonds is 7. The fraction of sp³-hybridized carbons (Fsp3) is 0.318. The molecule has 10 nitrogen and oxygen atoms in total. The van der Waals surface area contributed by atoms with Gasteiger partial charge in [-0.1, -0.05) is 18.2 Å². The standard InChI is InChI=1S/C22H24O10/c1-30-12-8-15(26)18(14(25)7-6-11-4-2-3-5-13(11)24)16(9-12)31-22-21(29)20(28)19(27)17(10-23)32-22/h2-9,17,19-24,26-29H,10H2,1H3/t17?,19-,20+,21?,22-/m1/s1. The first-order chi connectivity index (χ1) is 15.3. The monoisotopic (exact) mass is 448 g/mol. The van der Waals surface area contributed by atoms with Gasteiger partial charge in [-0.2, -0.15) is 0 Å². The second kappa shape index (κ2) is 9.98. The predicted molar refractivity (Wildman–Crippen MR) is 111 cm³/mol. The van der Waals surface area contributed by atoms with E-state index in [-0.39, 0.29) is 22.8 Å². The van der Waals surface area contributed by atoms with E-state index in [4.69, 9.17) is 14.2 Å². The van der Waals surface area contributed by atoms with Crippen molar-refractivity contribution in [3.8, 4) is 23.0 Å². The molecule has 3 rings (SSSR count). The first kappa shape index (κ1) is 23.5. The summed E-state index contributed by atoms with van der Waals surface area (Å²) in [5.74, 6) is -1.35. The number of ether oxygens (including phenoxy) is 3. The molecule has 0 bridgehead atoms. The van der Waals surface area contributed by atoms with E-state index in [0.29, 0.717) is 5.56 Å². The first-order valence-electron chi connectivity index (χ1n) is 9.65. The average molecular weight is 448 g/mol. The maximum atomic E-state index is 12.8. The number of aliphatic hydroxyl groups is 4. The molecule has 2 aromatic carbocycles. The van der Waals surface area contributed by atoms with Crippen molar-refractivity contribution in [1.82, 2.24) is 0 Å². The van der Waals surface area contributed by atoms with E-state index in [2.05, 4.69) is 0 Å². The highest BCUT2D eigenvalue weighted by molar-refractivity contribution is 6.10. The fourth-order valence-corrected chi connectivity index (χ4v) is 3.20. The average Bonchev–Trinajstić information content (AvgIpc) is 2.78. The number of carbonyl (C=O) groups is 1. The van der Waals surface area contributed by atoms with Crippen molar-refractivity contribution in [2.75, 3.05) is 13.7 Å². The topological polar surface area (TPSA) is 166 Å². The summed E-state index contributed by atoms with van der Waals surface area (Å²) in [7, 11) is 1.33. The molecule has 2 aromatic rings. The van der Waals surface area contributed by atoms with Gasteiger partial charge < -0.3 is 44.8 Å². The van der Waals surface area contributed by atoms with E-state index < -0.39 is 48.8 Å². The lowest BCUT2D eigenvalue weighted by atomic mass is 9.99. The fourth-order valence-electron chi connectivity index (χ4n) is 3.20. The molecular formula is C22H24O10. The number of aliphatic hydroxyl groups excluding tert-OH is 4. The maximum Gasteiger partial charge on any atom is 0.229 e. The zero-order chi connectivity index (χ0) is 23.4. The molecule has 0 aliphatic carbocycles. The van der Waals surface area contributed by atoms with Crippen LogP contribution in [-0.2, 0) is 4.74 Å². The van der Waals surface area contributed by atoms with Gasteiger partial charge in [0.1, 0.15) is 53.0 Å². The molecule has 5 atom stereocenters. The Kier molecular flexibility index (Phi) is 7.33. The lowest BCUT2D eigenvalue weighted by Gasteiger charge is -2.39. The quantitative estimate of drug-likeness (QED) is 0.254. The Bertz CT molecular complexity index is 987. The zero-order valence-corrected chi connectivity index (χ0v) is 17.0.